The van der Waals surface area contributed by atoms with Crippen LogP contribution in [0.4, 0.5) is 4.39 Å². The lowest BCUT2D eigenvalue weighted by molar-refractivity contribution is 0.414. The van der Waals surface area contributed by atoms with E-state index in [9.17, 15) is 4.39 Å². The Morgan fingerprint density at radius 2 is 1.89 bits per heavy atom. The molecule has 0 radical (unpaired) electrons. The summed E-state index contributed by atoms with van der Waals surface area (Å²) in [5, 5.41) is 0. The van der Waals surface area contributed by atoms with E-state index in [1.54, 1.807) is 7.11 Å². The summed E-state index contributed by atoms with van der Waals surface area (Å²) in [4.78, 5) is 0. The second-order valence-electron chi connectivity index (χ2n) is 4.73. The summed E-state index contributed by atoms with van der Waals surface area (Å²) < 4.78 is 19.3. The Morgan fingerprint density at radius 3 is 2.53 bits per heavy atom. The predicted octanol–water partition coefficient (Wildman–Crippen LogP) is 3.50. The van der Waals surface area contributed by atoms with Crippen molar-refractivity contribution in [3.8, 4) is 5.75 Å². The van der Waals surface area contributed by atoms with Crippen LogP contribution >= 0.6 is 0 Å². The van der Waals surface area contributed by atoms with E-state index in [-0.39, 0.29) is 5.82 Å². The number of methoxy groups -OCH3 is 1. The van der Waals surface area contributed by atoms with Gasteiger partial charge in [0.05, 0.1) is 13.2 Å². The predicted molar refractivity (Wildman–Crippen MR) is 74.9 cm³/mol. The van der Waals surface area contributed by atoms with Crippen molar-refractivity contribution in [2.45, 2.75) is 19.9 Å². The fourth-order valence-corrected chi connectivity index (χ4v) is 2.32. The Labute approximate surface area is 113 Å². The van der Waals surface area contributed by atoms with E-state index in [1.807, 2.05) is 44.2 Å². The molecule has 0 saturated heterocycles. The van der Waals surface area contributed by atoms with Crippen molar-refractivity contribution in [1.82, 2.24) is 0 Å². The third-order valence-corrected chi connectivity index (χ3v) is 3.24. The molecular weight excluding hydrogens is 241 g/mol. The monoisotopic (exact) mass is 259 g/mol. The van der Waals surface area contributed by atoms with Crippen LogP contribution in [0.15, 0.2) is 36.4 Å². The number of halogens is 1. The lowest BCUT2D eigenvalue weighted by Gasteiger charge is -2.17. The molecular formula is C16H18FNO. The van der Waals surface area contributed by atoms with Gasteiger partial charge >= 0.3 is 0 Å². The number of ether oxygens (including phenoxy) is 1. The number of aryl methyl sites for hydroxylation is 2. The zero-order valence-corrected chi connectivity index (χ0v) is 11.4. The van der Waals surface area contributed by atoms with Crippen LogP contribution in [0.25, 0.3) is 0 Å². The summed E-state index contributed by atoms with van der Waals surface area (Å²) in [6.45, 7) is 3.75. The highest BCUT2D eigenvalue weighted by Gasteiger charge is 2.17. The quantitative estimate of drug-likeness (QED) is 0.915. The number of rotatable bonds is 3. The van der Waals surface area contributed by atoms with E-state index in [1.165, 1.54) is 6.07 Å². The molecule has 2 rings (SSSR count). The molecule has 1 unspecified atom stereocenters. The van der Waals surface area contributed by atoms with E-state index >= 15 is 0 Å². The maximum Gasteiger partial charge on any atom is 0.128 e. The minimum absolute atomic E-state index is 0.257. The van der Waals surface area contributed by atoms with E-state index in [0.717, 1.165) is 22.4 Å². The molecule has 2 N–H and O–H groups in total. The zero-order chi connectivity index (χ0) is 14.0. The Balaban J connectivity index is 2.46. The Kier molecular flexibility index (Phi) is 3.86. The van der Waals surface area contributed by atoms with Gasteiger partial charge in [-0.1, -0.05) is 18.2 Å². The summed E-state index contributed by atoms with van der Waals surface area (Å²) in [5.74, 6) is 0.464. The van der Waals surface area contributed by atoms with Gasteiger partial charge in [-0.25, -0.2) is 4.39 Å². The van der Waals surface area contributed by atoms with Crippen molar-refractivity contribution in [3.05, 3.63) is 64.5 Å². The van der Waals surface area contributed by atoms with Crippen LogP contribution in [-0.2, 0) is 0 Å². The van der Waals surface area contributed by atoms with Crippen molar-refractivity contribution in [2.75, 3.05) is 7.11 Å². The molecule has 2 aromatic rings. The number of benzene rings is 2. The van der Waals surface area contributed by atoms with Gasteiger partial charge in [-0.2, -0.15) is 0 Å². The molecule has 0 aliphatic heterocycles. The van der Waals surface area contributed by atoms with Crippen LogP contribution in [0.5, 0.6) is 5.75 Å². The molecule has 0 bridgehead atoms. The van der Waals surface area contributed by atoms with E-state index in [2.05, 4.69) is 0 Å². The topological polar surface area (TPSA) is 35.2 Å². The Hall–Kier alpha value is -1.87. The van der Waals surface area contributed by atoms with Crippen LogP contribution in [-0.4, -0.2) is 7.11 Å². The second-order valence-corrected chi connectivity index (χ2v) is 4.73. The van der Waals surface area contributed by atoms with E-state index < -0.39 is 6.04 Å². The molecule has 0 saturated carbocycles. The molecule has 2 aromatic carbocycles. The molecule has 0 aromatic heterocycles. The highest BCUT2D eigenvalue weighted by molar-refractivity contribution is 5.41. The van der Waals surface area contributed by atoms with Gasteiger partial charge in [-0.05, 0) is 48.7 Å². The van der Waals surface area contributed by atoms with Gasteiger partial charge in [0.25, 0.3) is 0 Å². The number of hydrogen-bond acceptors (Lipinski definition) is 2. The lowest BCUT2D eigenvalue weighted by atomic mass is 9.94. The summed E-state index contributed by atoms with van der Waals surface area (Å²) >= 11 is 0. The first kappa shape index (κ1) is 13.6. The van der Waals surface area contributed by atoms with E-state index in [0.29, 0.717) is 5.56 Å². The standard InChI is InChI=1S/C16H18FNO/c1-10-7-11(2)15(14(17)8-10)16(18)12-5-4-6-13(9-12)19-3/h4-9,16H,18H2,1-3H3. The largest absolute Gasteiger partial charge is 0.497 e. The molecule has 0 heterocycles. The fraction of sp³-hybridized carbons (Fsp3) is 0.250. The minimum atomic E-state index is -0.490. The summed E-state index contributed by atoms with van der Waals surface area (Å²) in [6, 6.07) is 10.4. The summed E-state index contributed by atoms with van der Waals surface area (Å²) in [6.07, 6.45) is 0. The van der Waals surface area contributed by atoms with Crippen LogP contribution < -0.4 is 10.5 Å². The highest BCUT2D eigenvalue weighted by atomic mass is 19.1. The first-order valence-corrected chi connectivity index (χ1v) is 6.19. The first-order valence-electron chi connectivity index (χ1n) is 6.19. The third-order valence-electron chi connectivity index (χ3n) is 3.24. The average Bonchev–Trinajstić information content (AvgIpc) is 2.37. The second kappa shape index (κ2) is 5.41. The average molecular weight is 259 g/mol. The first-order chi connectivity index (χ1) is 9.02. The van der Waals surface area contributed by atoms with Crippen molar-refractivity contribution < 1.29 is 9.13 Å². The Bertz CT molecular complexity index is 572. The molecule has 100 valence electrons. The van der Waals surface area contributed by atoms with Crippen LogP contribution in [0, 0.1) is 19.7 Å². The van der Waals surface area contributed by atoms with Crippen LogP contribution in [0.2, 0.25) is 0 Å². The number of nitrogens with two attached hydrogens (primary N) is 1. The van der Waals surface area contributed by atoms with Crippen molar-refractivity contribution in [1.29, 1.82) is 0 Å². The van der Waals surface area contributed by atoms with Gasteiger partial charge in [0.15, 0.2) is 0 Å². The smallest absolute Gasteiger partial charge is 0.128 e. The van der Waals surface area contributed by atoms with Gasteiger partial charge in [0.2, 0.25) is 0 Å². The maximum atomic E-state index is 14.1. The minimum Gasteiger partial charge on any atom is -0.497 e. The SMILES string of the molecule is COc1cccc(C(N)c2c(C)cc(C)cc2F)c1. The molecule has 2 nitrogen and oxygen atoms in total. The summed E-state index contributed by atoms with van der Waals surface area (Å²) in [7, 11) is 1.60. The van der Waals surface area contributed by atoms with Gasteiger partial charge in [-0.3, -0.25) is 0 Å². The van der Waals surface area contributed by atoms with Crippen molar-refractivity contribution in [2.24, 2.45) is 5.73 Å². The lowest BCUT2D eigenvalue weighted by Crippen LogP contribution is -2.15. The Morgan fingerprint density at radius 1 is 1.16 bits per heavy atom. The maximum absolute atomic E-state index is 14.1. The van der Waals surface area contributed by atoms with E-state index in [4.69, 9.17) is 10.5 Å². The van der Waals surface area contributed by atoms with Crippen molar-refractivity contribution >= 4 is 0 Å². The molecule has 0 amide bonds. The van der Waals surface area contributed by atoms with Crippen molar-refractivity contribution in [3.63, 3.8) is 0 Å². The van der Waals surface area contributed by atoms with Gasteiger partial charge < -0.3 is 10.5 Å². The number of hydrogen-bond donors (Lipinski definition) is 1. The molecule has 0 aliphatic rings. The van der Waals surface area contributed by atoms with Gasteiger partial charge in [-0.15, -0.1) is 0 Å². The van der Waals surface area contributed by atoms with Crippen LogP contribution in [0.3, 0.4) is 0 Å². The third kappa shape index (κ3) is 2.76. The van der Waals surface area contributed by atoms with Crippen LogP contribution in [0.1, 0.15) is 28.3 Å². The molecule has 1 atom stereocenters. The molecule has 19 heavy (non-hydrogen) atoms. The van der Waals surface area contributed by atoms with Gasteiger partial charge in [0.1, 0.15) is 11.6 Å². The normalized spacial score (nSPS) is 12.3. The fourth-order valence-electron chi connectivity index (χ4n) is 2.32. The van der Waals surface area contributed by atoms with Gasteiger partial charge in [0, 0.05) is 5.56 Å². The molecule has 0 fully saturated rings. The molecule has 3 heteroatoms. The zero-order valence-electron chi connectivity index (χ0n) is 11.4. The summed E-state index contributed by atoms with van der Waals surface area (Å²) in [5.41, 5.74) is 9.34. The molecule has 0 aliphatic carbocycles. The molecule has 0 spiro atoms. The highest BCUT2D eigenvalue weighted by Crippen LogP contribution is 2.28.